The fourth-order valence-corrected chi connectivity index (χ4v) is 1.90. The van der Waals surface area contributed by atoms with Crippen molar-refractivity contribution in [3.05, 3.63) is 63.5 Å². The Balaban J connectivity index is 2.38. The van der Waals surface area contributed by atoms with Crippen molar-refractivity contribution in [2.75, 3.05) is 0 Å². The van der Waals surface area contributed by atoms with Crippen LogP contribution < -0.4 is 4.74 Å². The quantitative estimate of drug-likeness (QED) is 0.471. The van der Waals surface area contributed by atoms with Crippen LogP contribution in [0.25, 0.3) is 0 Å². The Morgan fingerprint density at radius 2 is 2.00 bits per heavy atom. The molecule has 2 aromatic rings. The van der Waals surface area contributed by atoms with Gasteiger partial charge >= 0.3 is 0 Å². The Kier molecular flexibility index (Phi) is 4.20. The topological polar surface area (TPSA) is 52.4 Å². The molecule has 0 amide bonds. The van der Waals surface area contributed by atoms with Crippen molar-refractivity contribution in [1.29, 1.82) is 0 Å². The number of nitro benzene ring substituents is 1. The first-order valence-electron chi connectivity index (χ1n) is 5.78. The second-order valence-corrected chi connectivity index (χ2v) is 4.49. The molecule has 0 radical (unpaired) electrons. The van der Waals surface area contributed by atoms with Gasteiger partial charge in [0.15, 0.2) is 11.6 Å². The molecule has 0 spiro atoms. The Morgan fingerprint density at radius 3 is 2.65 bits per heavy atom. The highest BCUT2D eigenvalue weighted by Gasteiger charge is 2.13. The lowest BCUT2D eigenvalue weighted by atomic mass is 10.2. The summed E-state index contributed by atoms with van der Waals surface area (Å²) in [4.78, 5) is 10.2. The number of benzene rings is 2. The van der Waals surface area contributed by atoms with Crippen molar-refractivity contribution in [2.45, 2.75) is 12.8 Å². The van der Waals surface area contributed by atoms with Crippen LogP contribution in [0, 0.1) is 22.9 Å². The molecule has 0 aliphatic carbocycles. The maximum absolute atomic E-state index is 13.6. The van der Waals surface area contributed by atoms with E-state index >= 15 is 0 Å². The molecule has 104 valence electrons. The Hall–Kier alpha value is -2.14. The maximum Gasteiger partial charge on any atom is 0.270 e. The smallest absolute Gasteiger partial charge is 0.270 e. The highest BCUT2D eigenvalue weighted by Crippen LogP contribution is 2.31. The lowest BCUT2D eigenvalue weighted by molar-refractivity contribution is -0.384. The SMILES string of the molecule is Cc1ccc(F)c(Oc2ccc([N+](=O)[O-])cc2CCl)c1. The summed E-state index contributed by atoms with van der Waals surface area (Å²) < 4.78 is 19.1. The summed E-state index contributed by atoms with van der Waals surface area (Å²) in [5.41, 5.74) is 1.19. The molecule has 0 saturated carbocycles. The van der Waals surface area contributed by atoms with Gasteiger partial charge in [-0.15, -0.1) is 11.6 Å². The second kappa shape index (κ2) is 5.88. The number of non-ortho nitro benzene ring substituents is 1. The molecule has 0 aliphatic heterocycles. The highest BCUT2D eigenvalue weighted by atomic mass is 35.5. The van der Waals surface area contributed by atoms with E-state index in [-0.39, 0.29) is 17.3 Å². The summed E-state index contributed by atoms with van der Waals surface area (Å²) in [6.45, 7) is 1.81. The zero-order valence-corrected chi connectivity index (χ0v) is 11.4. The number of hydrogen-bond donors (Lipinski definition) is 0. The molecule has 20 heavy (non-hydrogen) atoms. The van der Waals surface area contributed by atoms with Crippen molar-refractivity contribution < 1.29 is 14.1 Å². The molecular weight excluding hydrogens is 285 g/mol. The first-order valence-corrected chi connectivity index (χ1v) is 6.32. The van der Waals surface area contributed by atoms with E-state index in [9.17, 15) is 14.5 Å². The van der Waals surface area contributed by atoms with E-state index in [1.807, 2.05) is 6.92 Å². The van der Waals surface area contributed by atoms with E-state index in [1.54, 1.807) is 12.1 Å². The number of halogens is 2. The van der Waals surface area contributed by atoms with E-state index in [4.69, 9.17) is 16.3 Å². The zero-order valence-electron chi connectivity index (χ0n) is 10.6. The van der Waals surface area contributed by atoms with Crippen LogP contribution in [-0.4, -0.2) is 4.92 Å². The fraction of sp³-hybridized carbons (Fsp3) is 0.143. The van der Waals surface area contributed by atoms with Gasteiger partial charge in [-0.25, -0.2) is 4.39 Å². The predicted octanol–water partition coefficient (Wildman–Crippen LogP) is 4.57. The van der Waals surface area contributed by atoms with Gasteiger partial charge in [-0.2, -0.15) is 0 Å². The monoisotopic (exact) mass is 295 g/mol. The first kappa shape index (κ1) is 14.3. The van der Waals surface area contributed by atoms with Gasteiger partial charge < -0.3 is 4.74 Å². The van der Waals surface area contributed by atoms with Crippen molar-refractivity contribution in [2.24, 2.45) is 0 Å². The van der Waals surface area contributed by atoms with Crippen molar-refractivity contribution in [1.82, 2.24) is 0 Å². The van der Waals surface area contributed by atoms with Gasteiger partial charge in [0.1, 0.15) is 5.75 Å². The molecule has 4 nitrogen and oxygen atoms in total. The first-order chi connectivity index (χ1) is 9.51. The molecule has 0 saturated heterocycles. The summed E-state index contributed by atoms with van der Waals surface area (Å²) in [5, 5.41) is 10.7. The van der Waals surface area contributed by atoms with Crippen LogP contribution in [0.3, 0.4) is 0 Å². The van der Waals surface area contributed by atoms with Gasteiger partial charge in [-0.05, 0) is 30.7 Å². The highest BCUT2D eigenvalue weighted by molar-refractivity contribution is 6.17. The molecule has 0 aromatic heterocycles. The molecule has 0 unspecified atom stereocenters. The predicted molar refractivity (Wildman–Crippen MR) is 73.9 cm³/mol. The van der Waals surface area contributed by atoms with Crippen molar-refractivity contribution in [3.8, 4) is 11.5 Å². The summed E-state index contributed by atoms with van der Waals surface area (Å²) >= 11 is 5.75. The number of nitro groups is 1. The van der Waals surface area contributed by atoms with Gasteiger partial charge in [-0.1, -0.05) is 6.07 Å². The van der Waals surface area contributed by atoms with E-state index < -0.39 is 10.7 Å². The third-order valence-electron chi connectivity index (χ3n) is 2.71. The minimum atomic E-state index is -0.521. The Labute approximate surface area is 119 Å². The molecule has 0 N–H and O–H groups in total. The Bertz CT molecular complexity index is 661. The molecule has 0 fully saturated rings. The molecule has 0 heterocycles. The summed E-state index contributed by atoms with van der Waals surface area (Å²) in [6, 6.07) is 8.50. The van der Waals surface area contributed by atoms with Crippen LogP contribution >= 0.6 is 11.6 Å². The average Bonchev–Trinajstić information content (AvgIpc) is 2.43. The molecule has 0 atom stereocenters. The zero-order chi connectivity index (χ0) is 14.7. The molecule has 2 aromatic carbocycles. The lowest BCUT2D eigenvalue weighted by Crippen LogP contribution is -1.95. The van der Waals surface area contributed by atoms with Crippen LogP contribution in [0.15, 0.2) is 36.4 Å². The fourth-order valence-electron chi connectivity index (χ4n) is 1.69. The largest absolute Gasteiger partial charge is 0.454 e. The van der Waals surface area contributed by atoms with E-state index in [0.717, 1.165) is 5.56 Å². The van der Waals surface area contributed by atoms with Crippen LogP contribution in [0.1, 0.15) is 11.1 Å². The lowest BCUT2D eigenvalue weighted by Gasteiger charge is -2.10. The van der Waals surface area contributed by atoms with Gasteiger partial charge in [0.2, 0.25) is 0 Å². The van der Waals surface area contributed by atoms with Crippen molar-refractivity contribution in [3.63, 3.8) is 0 Å². The second-order valence-electron chi connectivity index (χ2n) is 4.22. The third kappa shape index (κ3) is 3.05. The number of hydrogen-bond acceptors (Lipinski definition) is 3. The van der Waals surface area contributed by atoms with Crippen molar-refractivity contribution >= 4 is 17.3 Å². The standard InChI is InChI=1S/C14H11ClFNO3/c1-9-2-4-12(16)14(6-9)20-13-5-3-11(17(18)19)7-10(13)8-15/h2-7H,8H2,1H3. The average molecular weight is 296 g/mol. The maximum atomic E-state index is 13.6. The van der Waals surface area contributed by atoms with Crippen LogP contribution in [0.2, 0.25) is 0 Å². The summed E-state index contributed by atoms with van der Waals surface area (Å²) in [6.07, 6.45) is 0. The molecule has 0 aliphatic rings. The number of nitrogens with zero attached hydrogens (tertiary/aromatic N) is 1. The molecule has 2 rings (SSSR count). The number of ether oxygens (including phenoxy) is 1. The third-order valence-corrected chi connectivity index (χ3v) is 2.99. The van der Waals surface area contributed by atoms with Gasteiger partial charge in [0.25, 0.3) is 5.69 Å². The summed E-state index contributed by atoms with van der Waals surface area (Å²) in [7, 11) is 0. The van der Waals surface area contributed by atoms with E-state index in [0.29, 0.717) is 11.3 Å². The minimum absolute atomic E-state index is 0.0322. The van der Waals surface area contributed by atoms with Crippen LogP contribution in [0.4, 0.5) is 10.1 Å². The van der Waals surface area contributed by atoms with Crippen LogP contribution in [0.5, 0.6) is 11.5 Å². The number of aryl methyl sites for hydroxylation is 1. The van der Waals surface area contributed by atoms with E-state index in [1.165, 1.54) is 24.3 Å². The summed E-state index contributed by atoms with van der Waals surface area (Å²) in [5.74, 6) is -0.112. The normalized spacial score (nSPS) is 10.3. The molecular formula is C14H11ClFNO3. The van der Waals surface area contributed by atoms with Crippen LogP contribution in [-0.2, 0) is 5.88 Å². The minimum Gasteiger partial charge on any atom is -0.454 e. The van der Waals surface area contributed by atoms with Gasteiger partial charge in [0.05, 0.1) is 10.8 Å². The molecule has 6 heteroatoms. The van der Waals surface area contributed by atoms with E-state index in [2.05, 4.69) is 0 Å². The number of alkyl halides is 1. The molecule has 0 bridgehead atoms. The van der Waals surface area contributed by atoms with Gasteiger partial charge in [0, 0.05) is 17.7 Å². The Morgan fingerprint density at radius 1 is 1.25 bits per heavy atom. The number of rotatable bonds is 4. The van der Waals surface area contributed by atoms with Gasteiger partial charge in [-0.3, -0.25) is 10.1 Å².